The van der Waals surface area contributed by atoms with Crippen molar-refractivity contribution >= 4 is 98.4 Å². The average Bonchev–Trinajstić information content (AvgIpc) is 3.99. The van der Waals surface area contributed by atoms with Crippen LogP contribution in [0.5, 0.6) is 11.5 Å². The number of methoxy groups -OCH3 is 2. The van der Waals surface area contributed by atoms with Crippen molar-refractivity contribution in [1.82, 2.24) is 29.2 Å². The number of hydrogen-bond acceptors (Lipinski definition) is 12. The van der Waals surface area contributed by atoms with Crippen LogP contribution in [0.2, 0.25) is 0 Å². The maximum atomic E-state index is 11.6. The Morgan fingerprint density at radius 2 is 0.893 bits per heavy atom. The van der Waals surface area contributed by atoms with Crippen molar-refractivity contribution in [3.05, 3.63) is 155 Å². The van der Waals surface area contributed by atoms with Gasteiger partial charge in [-0.2, -0.15) is 0 Å². The number of likely N-dealkylation sites (N-methyl/N-ethyl adjacent to an activating group) is 2. The molecular weight excluding hydrogens is 1010 g/mol. The Labute approximate surface area is 457 Å². The van der Waals surface area contributed by atoms with Crippen molar-refractivity contribution in [2.24, 2.45) is 0 Å². The van der Waals surface area contributed by atoms with Gasteiger partial charge in [-0.15, -0.1) is 0 Å². The van der Waals surface area contributed by atoms with Crippen molar-refractivity contribution in [2.75, 3.05) is 69.6 Å². The summed E-state index contributed by atoms with van der Waals surface area (Å²) in [6, 6.07) is 34.0. The largest absolute Gasteiger partial charge is 2.00 e. The van der Waals surface area contributed by atoms with E-state index < -0.39 is 43.8 Å². The van der Waals surface area contributed by atoms with Gasteiger partial charge in [-0.1, -0.05) is 74.5 Å². The van der Waals surface area contributed by atoms with E-state index in [0.717, 1.165) is 103 Å². The molecule has 6 aromatic carbocycles. The van der Waals surface area contributed by atoms with E-state index in [1.807, 2.05) is 150 Å². The first-order valence-electron chi connectivity index (χ1n) is 23.9. The van der Waals surface area contributed by atoms with Crippen LogP contribution < -0.4 is 29.1 Å². The van der Waals surface area contributed by atoms with Gasteiger partial charge in [0.05, 0.1) is 25.7 Å². The number of fused-ring (bicyclic) bond motifs is 4. The predicted octanol–water partition coefficient (Wildman–Crippen LogP) is 5.67. The third-order valence-corrected chi connectivity index (χ3v) is 15.2. The molecule has 0 amide bonds. The number of nitrogens with zero attached hydrogens (tertiary/aromatic N) is 2. The minimum Gasteiger partial charge on any atom is -0.550 e. The van der Waals surface area contributed by atoms with E-state index in [-0.39, 0.29) is 34.6 Å². The summed E-state index contributed by atoms with van der Waals surface area (Å²) in [5.74, 6) is -1.70. The summed E-state index contributed by atoms with van der Waals surface area (Å²) in [5, 5.41) is 27.9. The van der Waals surface area contributed by atoms with Crippen molar-refractivity contribution in [2.45, 2.75) is 50.0 Å². The molecule has 0 aliphatic heterocycles. The maximum Gasteiger partial charge on any atom is 2.00 e. The Kier molecular flexibility index (Phi) is 23.1. The van der Waals surface area contributed by atoms with E-state index in [0.29, 0.717) is 0 Å². The van der Waals surface area contributed by atoms with E-state index >= 15 is 0 Å². The van der Waals surface area contributed by atoms with Gasteiger partial charge < -0.3 is 49.0 Å². The van der Waals surface area contributed by atoms with Crippen molar-refractivity contribution in [3.8, 4) is 11.5 Å². The molecule has 19 heteroatoms. The van der Waals surface area contributed by atoms with E-state index in [4.69, 9.17) is 9.47 Å². The summed E-state index contributed by atoms with van der Waals surface area (Å²) < 4.78 is 61.4. The maximum absolute atomic E-state index is 11.6. The van der Waals surface area contributed by atoms with Crippen molar-refractivity contribution in [3.63, 3.8) is 0 Å². The number of H-pyrrole nitrogens is 2. The smallest absolute Gasteiger partial charge is 0.550 e. The molecule has 0 saturated carbocycles. The minimum absolute atomic E-state index is 0. The van der Waals surface area contributed by atoms with Crippen LogP contribution in [0.3, 0.4) is 0 Å². The van der Waals surface area contributed by atoms with Gasteiger partial charge >= 0.3 is 23.1 Å². The number of nitrogens with one attached hydrogen (secondary N) is 4. The molecule has 0 spiro atoms. The second-order valence-corrected chi connectivity index (χ2v) is 22.3. The quantitative estimate of drug-likeness (QED) is 0.0763. The molecule has 75 heavy (non-hydrogen) atoms. The number of carboxylic acid groups (broad SMARTS) is 2. The zero-order valence-corrected chi connectivity index (χ0v) is 47.5. The van der Waals surface area contributed by atoms with Crippen LogP contribution in [0, 0.1) is 0 Å². The zero-order chi connectivity index (χ0) is 54.3. The number of aromatic nitrogens is 2. The molecule has 2 atom stereocenters. The fourth-order valence-corrected chi connectivity index (χ4v) is 9.39. The molecule has 0 unspecified atom stereocenters. The first-order valence-corrected chi connectivity index (χ1v) is 27.2. The van der Waals surface area contributed by atoms with E-state index in [1.165, 1.54) is 25.2 Å². The third kappa shape index (κ3) is 18.1. The molecule has 16 nitrogen and oxygen atoms in total. The zero-order valence-electron chi connectivity index (χ0n) is 44.4. The molecule has 2 aromatic heterocycles. The molecular formula is C56H68MgN6O10S2. The Balaban J connectivity index is 0.000000216. The number of hydrogen-bond donors (Lipinski definition) is 4. The van der Waals surface area contributed by atoms with Gasteiger partial charge in [-0.25, -0.2) is 26.3 Å². The first kappa shape index (κ1) is 61.5. The Morgan fingerprint density at radius 1 is 0.547 bits per heavy atom. The van der Waals surface area contributed by atoms with Crippen LogP contribution in [0.4, 0.5) is 0 Å². The number of aliphatic carboxylic acids is 2. The first-order chi connectivity index (χ1) is 35.0. The average molecular weight is 1070 g/mol. The standard InChI is InChI=1S/2C14H21N3O2S.2C14H14O3.Mg/c2*1-15-20(18,19)10-11-4-5-14-13(8-11)12(9-16-14)6-7-17(2)3;2*1-9(14(15)16)10-3-4-12-8-13(17-2)6-5-11(12)7-10;/h2*4-5,8-9,15-16H,6-7,10H2,1-3H3;2*3-9H,1-2H3,(H,15,16);/q;;;;+2/p-2/t;;2*9-;/m..00./s1. The normalized spacial score (nSPS) is 12.2. The fraction of sp³-hybridized carbons (Fsp3) is 0.321. The summed E-state index contributed by atoms with van der Waals surface area (Å²) in [5.41, 5.74) is 7.64. The topological polar surface area (TPSA) is 229 Å². The van der Waals surface area contributed by atoms with Crippen LogP contribution in [-0.4, -0.2) is 141 Å². The van der Waals surface area contributed by atoms with Gasteiger partial charge in [0.15, 0.2) is 0 Å². The summed E-state index contributed by atoms with van der Waals surface area (Å²) in [4.78, 5) is 32.3. The summed E-state index contributed by atoms with van der Waals surface area (Å²) in [6.45, 7) is 5.18. The van der Waals surface area contributed by atoms with Gasteiger partial charge in [-0.3, -0.25) is 0 Å². The van der Waals surface area contributed by atoms with Crippen LogP contribution >= 0.6 is 0 Å². The third-order valence-electron chi connectivity index (χ3n) is 12.5. The Morgan fingerprint density at radius 3 is 1.21 bits per heavy atom. The van der Waals surface area contributed by atoms with Crippen LogP contribution in [0.15, 0.2) is 122 Å². The molecule has 0 radical (unpaired) electrons. The Hall–Kier alpha value is -6.03. The van der Waals surface area contributed by atoms with Gasteiger partial charge in [0.1, 0.15) is 11.5 Å². The Bertz CT molecular complexity index is 3190. The molecule has 0 aliphatic carbocycles. The number of benzene rings is 6. The molecule has 4 N–H and O–H groups in total. The fourth-order valence-electron chi connectivity index (χ4n) is 7.87. The molecule has 0 bridgehead atoms. The van der Waals surface area contributed by atoms with Gasteiger partial charge in [0, 0.05) is 71.1 Å². The predicted molar refractivity (Wildman–Crippen MR) is 298 cm³/mol. The SMILES string of the molecule is CNS(=O)(=O)Cc1ccc2[nH]cc(CCN(C)C)c2c1.CNS(=O)(=O)Cc1ccc2[nH]cc(CCN(C)C)c2c1.COc1ccc2cc([C@H](C)C(=O)[O-])ccc2c1.COc1ccc2cc([C@H](C)C(=O)[O-])ccc2c1.[Mg+2]. The number of carbonyl (C=O) groups is 2. The van der Waals surface area contributed by atoms with E-state index in [1.54, 1.807) is 28.1 Å². The second-order valence-electron chi connectivity index (χ2n) is 18.4. The van der Waals surface area contributed by atoms with Crippen molar-refractivity contribution in [1.29, 1.82) is 0 Å². The van der Waals surface area contributed by atoms with Gasteiger partial charge in [0.2, 0.25) is 20.0 Å². The number of sulfonamides is 2. The second kappa shape index (κ2) is 28.2. The van der Waals surface area contributed by atoms with Gasteiger partial charge in [0.25, 0.3) is 0 Å². The number of aromatic amines is 2. The van der Waals surface area contributed by atoms with Crippen LogP contribution in [0.25, 0.3) is 43.4 Å². The van der Waals surface area contributed by atoms with Crippen LogP contribution in [-0.2, 0) is 54.0 Å². The van der Waals surface area contributed by atoms with Gasteiger partial charge in [-0.05, 0) is 159 Å². The summed E-state index contributed by atoms with van der Waals surface area (Å²) in [7, 11) is 7.82. The van der Waals surface area contributed by atoms with Crippen molar-refractivity contribution < 1.29 is 46.1 Å². The summed E-state index contributed by atoms with van der Waals surface area (Å²) >= 11 is 0. The monoisotopic (exact) mass is 1070 g/mol. The number of rotatable bonds is 18. The number of carboxylic acids is 2. The molecule has 0 saturated heterocycles. The number of carbonyl (C=O) groups excluding carboxylic acids is 2. The van der Waals surface area contributed by atoms with E-state index in [2.05, 4.69) is 29.2 Å². The molecule has 8 rings (SSSR count). The molecule has 0 fully saturated rings. The molecule has 8 aromatic rings. The summed E-state index contributed by atoms with van der Waals surface area (Å²) in [6.07, 6.45) is 5.89. The minimum atomic E-state index is -3.23. The molecule has 2 heterocycles. The molecule has 0 aliphatic rings. The van der Waals surface area contributed by atoms with E-state index in [9.17, 15) is 36.6 Å². The van der Waals surface area contributed by atoms with Crippen LogP contribution in [0.1, 0.15) is 59.1 Å². The number of ether oxygens (including phenoxy) is 2. The molecule has 396 valence electrons.